The number of likely N-dealkylation sites (tertiary alicyclic amines) is 1. The fraction of sp³-hybridized carbons (Fsp3) is 0.733. The van der Waals surface area contributed by atoms with Crippen molar-refractivity contribution in [3.05, 3.63) is 11.7 Å². The first-order valence-electron chi connectivity index (χ1n) is 8.41. The van der Waals surface area contributed by atoms with Crippen LogP contribution in [-0.4, -0.2) is 58.9 Å². The highest BCUT2D eigenvalue weighted by atomic mass is 16.6. The van der Waals surface area contributed by atoms with Crippen molar-refractivity contribution in [3.8, 4) is 0 Å². The second kappa shape index (κ2) is 7.06. The number of carbonyl (C=O) groups excluding carboxylic acids is 2. The van der Waals surface area contributed by atoms with E-state index >= 15 is 0 Å². The predicted octanol–water partition coefficient (Wildman–Crippen LogP) is 0.849. The summed E-state index contributed by atoms with van der Waals surface area (Å²) >= 11 is 0. The third-order valence-corrected chi connectivity index (χ3v) is 4.49. The van der Waals surface area contributed by atoms with Gasteiger partial charge in [-0.05, 0) is 12.8 Å². The van der Waals surface area contributed by atoms with E-state index in [1.54, 1.807) is 4.90 Å². The molecule has 9 nitrogen and oxygen atoms in total. The highest BCUT2D eigenvalue weighted by molar-refractivity contribution is 5.74. The molecule has 3 heterocycles. The van der Waals surface area contributed by atoms with Gasteiger partial charge in [-0.15, -0.1) is 0 Å². The van der Waals surface area contributed by atoms with Gasteiger partial charge in [-0.25, -0.2) is 9.59 Å². The van der Waals surface area contributed by atoms with Gasteiger partial charge in [0.25, 0.3) is 0 Å². The zero-order chi connectivity index (χ0) is 17.0. The number of alkyl carbamates (subject to hydrolysis) is 1. The standard InChI is InChI=1S/C15H23N5O4/c1-2-11-18-12(24-19-11)4-7-16-13(21)20-8-3-5-15(6-9-20)10-17-14(22)23-15/h2-10H2,1H3,(H,16,21)(H,17,22)/t15-/m0/s1. The van der Waals surface area contributed by atoms with Crippen molar-refractivity contribution < 1.29 is 18.8 Å². The number of amides is 3. The van der Waals surface area contributed by atoms with Crippen LogP contribution in [0.25, 0.3) is 0 Å². The van der Waals surface area contributed by atoms with Crippen LogP contribution in [0, 0.1) is 0 Å². The zero-order valence-corrected chi connectivity index (χ0v) is 13.8. The molecule has 2 aliphatic rings. The summed E-state index contributed by atoms with van der Waals surface area (Å²) in [6.45, 7) is 4.16. The number of aryl methyl sites for hydroxylation is 1. The fourth-order valence-electron chi connectivity index (χ4n) is 3.08. The molecule has 2 fully saturated rings. The largest absolute Gasteiger partial charge is 0.441 e. The molecule has 24 heavy (non-hydrogen) atoms. The molecule has 1 aromatic heterocycles. The lowest BCUT2D eigenvalue weighted by Crippen LogP contribution is -2.42. The number of nitrogens with zero attached hydrogens (tertiary/aromatic N) is 3. The Kier molecular flexibility index (Phi) is 4.86. The Hall–Kier alpha value is -2.32. The molecular weight excluding hydrogens is 314 g/mol. The molecule has 0 bridgehead atoms. The highest BCUT2D eigenvalue weighted by Crippen LogP contribution is 2.29. The highest BCUT2D eigenvalue weighted by Gasteiger charge is 2.41. The van der Waals surface area contributed by atoms with Gasteiger partial charge in [0.2, 0.25) is 5.89 Å². The molecule has 1 atom stereocenters. The number of ether oxygens (including phenoxy) is 1. The van der Waals surface area contributed by atoms with Crippen LogP contribution < -0.4 is 10.6 Å². The first-order chi connectivity index (χ1) is 11.6. The third kappa shape index (κ3) is 3.77. The molecule has 0 saturated carbocycles. The minimum absolute atomic E-state index is 0.112. The molecule has 1 aromatic rings. The second-order valence-corrected chi connectivity index (χ2v) is 6.21. The average Bonchev–Trinajstić information content (AvgIpc) is 3.11. The molecule has 132 valence electrons. The molecule has 3 rings (SSSR count). The van der Waals surface area contributed by atoms with Gasteiger partial charge in [-0.1, -0.05) is 12.1 Å². The van der Waals surface area contributed by atoms with Gasteiger partial charge in [-0.2, -0.15) is 4.98 Å². The van der Waals surface area contributed by atoms with Crippen LogP contribution in [-0.2, 0) is 17.6 Å². The number of hydrogen-bond acceptors (Lipinski definition) is 6. The van der Waals surface area contributed by atoms with E-state index in [1.807, 2.05) is 6.92 Å². The number of rotatable bonds is 4. The molecule has 0 aliphatic carbocycles. The summed E-state index contributed by atoms with van der Waals surface area (Å²) < 4.78 is 10.5. The molecule has 3 amide bonds. The normalized spacial score (nSPS) is 23.7. The van der Waals surface area contributed by atoms with E-state index in [-0.39, 0.29) is 12.1 Å². The van der Waals surface area contributed by atoms with Crippen LogP contribution in [0.5, 0.6) is 0 Å². The monoisotopic (exact) mass is 337 g/mol. The van der Waals surface area contributed by atoms with E-state index in [2.05, 4.69) is 20.8 Å². The van der Waals surface area contributed by atoms with Gasteiger partial charge in [0.15, 0.2) is 5.82 Å². The Labute approximate surface area is 140 Å². The van der Waals surface area contributed by atoms with E-state index in [0.717, 1.165) is 19.3 Å². The quantitative estimate of drug-likeness (QED) is 0.843. The summed E-state index contributed by atoms with van der Waals surface area (Å²) in [5.74, 6) is 1.21. The number of hydrogen-bond donors (Lipinski definition) is 2. The van der Waals surface area contributed by atoms with Crippen molar-refractivity contribution in [3.63, 3.8) is 0 Å². The maximum Gasteiger partial charge on any atom is 0.407 e. The summed E-state index contributed by atoms with van der Waals surface area (Å²) in [4.78, 5) is 29.6. The van der Waals surface area contributed by atoms with Crippen LogP contribution in [0.2, 0.25) is 0 Å². The molecule has 2 N–H and O–H groups in total. The van der Waals surface area contributed by atoms with Crippen LogP contribution in [0.15, 0.2) is 4.52 Å². The molecular formula is C15H23N5O4. The molecule has 2 aliphatic heterocycles. The summed E-state index contributed by atoms with van der Waals surface area (Å²) in [6, 6.07) is -0.112. The summed E-state index contributed by atoms with van der Waals surface area (Å²) in [7, 11) is 0. The summed E-state index contributed by atoms with van der Waals surface area (Å²) in [5.41, 5.74) is -0.452. The third-order valence-electron chi connectivity index (χ3n) is 4.49. The minimum atomic E-state index is -0.452. The van der Waals surface area contributed by atoms with E-state index in [9.17, 15) is 9.59 Å². The number of nitrogens with one attached hydrogen (secondary N) is 2. The fourth-order valence-corrected chi connectivity index (χ4v) is 3.08. The predicted molar refractivity (Wildman–Crippen MR) is 83.4 cm³/mol. The number of urea groups is 1. The molecule has 1 spiro atoms. The van der Waals surface area contributed by atoms with Gasteiger partial charge in [0, 0.05) is 38.9 Å². The molecule has 2 saturated heterocycles. The average molecular weight is 337 g/mol. The Balaban J connectivity index is 1.44. The molecule has 0 aromatic carbocycles. The number of aromatic nitrogens is 2. The van der Waals surface area contributed by atoms with Crippen molar-refractivity contribution in [2.75, 3.05) is 26.2 Å². The maximum atomic E-state index is 12.3. The van der Waals surface area contributed by atoms with Gasteiger partial charge in [0.1, 0.15) is 5.60 Å². The van der Waals surface area contributed by atoms with Crippen molar-refractivity contribution in [2.45, 2.75) is 44.6 Å². The lowest BCUT2D eigenvalue weighted by Gasteiger charge is -2.25. The van der Waals surface area contributed by atoms with Crippen LogP contribution in [0.3, 0.4) is 0 Å². The molecule has 9 heteroatoms. The van der Waals surface area contributed by atoms with Gasteiger partial charge >= 0.3 is 12.1 Å². The summed E-state index contributed by atoms with van der Waals surface area (Å²) in [5, 5.41) is 9.41. The number of carbonyl (C=O) groups is 2. The SMILES string of the molecule is CCc1noc(CCNC(=O)N2CCC[C@]3(CC2)CNC(=O)O3)n1. The smallest absolute Gasteiger partial charge is 0.407 e. The van der Waals surface area contributed by atoms with Crippen molar-refractivity contribution in [1.29, 1.82) is 0 Å². The van der Waals surface area contributed by atoms with Crippen molar-refractivity contribution in [1.82, 2.24) is 25.7 Å². The van der Waals surface area contributed by atoms with E-state index in [4.69, 9.17) is 9.26 Å². The van der Waals surface area contributed by atoms with Crippen molar-refractivity contribution in [2.24, 2.45) is 0 Å². The van der Waals surface area contributed by atoms with E-state index < -0.39 is 5.60 Å². The Morgan fingerprint density at radius 3 is 3.00 bits per heavy atom. The minimum Gasteiger partial charge on any atom is -0.441 e. The second-order valence-electron chi connectivity index (χ2n) is 6.21. The molecule has 0 unspecified atom stereocenters. The van der Waals surface area contributed by atoms with Crippen LogP contribution >= 0.6 is 0 Å². The lowest BCUT2D eigenvalue weighted by atomic mass is 9.95. The summed E-state index contributed by atoms with van der Waals surface area (Å²) in [6.07, 6.45) is 3.12. The molecule has 0 radical (unpaired) electrons. The first kappa shape index (κ1) is 16.5. The van der Waals surface area contributed by atoms with E-state index in [1.165, 1.54) is 0 Å². The Morgan fingerprint density at radius 2 is 2.29 bits per heavy atom. The lowest BCUT2D eigenvalue weighted by molar-refractivity contribution is 0.0453. The zero-order valence-electron chi connectivity index (χ0n) is 13.8. The topological polar surface area (TPSA) is 110 Å². The van der Waals surface area contributed by atoms with Crippen molar-refractivity contribution >= 4 is 12.1 Å². The van der Waals surface area contributed by atoms with Gasteiger partial charge in [-0.3, -0.25) is 0 Å². The maximum absolute atomic E-state index is 12.3. The van der Waals surface area contributed by atoms with Gasteiger partial charge in [0.05, 0.1) is 6.54 Å². The van der Waals surface area contributed by atoms with E-state index in [0.29, 0.717) is 50.7 Å². The van der Waals surface area contributed by atoms with Crippen LogP contribution in [0.1, 0.15) is 37.9 Å². The van der Waals surface area contributed by atoms with Crippen LogP contribution in [0.4, 0.5) is 9.59 Å². The first-order valence-corrected chi connectivity index (χ1v) is 8.41. The van der Waals surface area contributed by atoms with Gasteiger partial charge < -0.3 is 24.8 Å². The Bertz CT molecular complexity index is 604. The Morgan fingerprint density at radius 1 is 1.42 bits per heavy atom.